The third-order valence-electron chi connectivity index (χ3n) is 3.58. The minimum Gasteiger partial charge on any atom is -0.222 e. The summed E-state index contributed by atoms with van der Waals surface area (Å²) in [6.45, 7) is 1.74. The molecule has 0 unspecified atom stereocenters. The summed E-state index contributed by atoms with van der Waals surface area (Å²) in [5, 5.41) is 0.745. The van der Waals surface area contributed by atoms with Crippen molar-refractivity contribution in [3.8, 4) is 0 Å². The molecule has 0 bridgehead atoms. The first-order valence-electron chi connectivity index (χ1n) is 7.66. The molecule has 0 saturated heterocycles. The van der Waals surface area contributed by atoms with E-state index < -0.39 is 25.1 Å². The predicted molar refractivity (Wildman–Crippen MR) is 97.4 cm³/mol. The molecule has 0 aliphatic carbocycles. The second-order valence-corrected chi connectivity index (χ2v) is 10.6. The van der Waals surface area contributed by atoms with E-state index in [0.717, 1.165) is 17.8 Å². The van der Waals surface area contributed by atoms with Crippen molar-refractivity contribution in [1.82, 2.24) is 4.72 Å². The third-order valence-corrected chi connectivity index (χ3v) is 8.54. The number of thiophene rings is 1. The summed E-state index contributed by atoms with van der Waals surface area (Å²) in [5.41, 5.74) is 0.573. The van der Waals surface area contributed by atoms with E-state index in [1.807, 2.05) is 6.92 Å². The van der Waals surface area contributed by atoms with Crippen LogP contribution in [0, 0.1) is 0 Å². The zero-order valence-corrected chi connectivity index (χ0v) is 15.8. The molecule has 0 radical (unpaired) electrons. The number of sulfonamides is 1. The molecule has 0 saturated carbocycles. The topological polar surface area (TPSA) is 80.3 Å². The molecular formula is C16H21NO4S3. The van der Waals surface area contributed by atoms with Crippen molar-refractivity contribution in [2.75, 3.05) is 12.3 Å². The van der Waals surface area contributed by atoms with E-state index in [1.165, 1.54) is 0 Å². The summed E-state index contributed by atoms with van der Waals surface area (Å²) < 4.78 is 52.6. The minimum absolute atomic E-state index is 0.00403. The lowest BCUT2D eigenvalue weighted by Gasteiger charge is -2.18. The molecule has 0 amide bonds. The van der Waals surface area contributed by atoms with Gasteiger partial charge >= 0.3 is 0 Å². The number of hydrogen-bond acceptors (Lipinski definition) is 5. The van der Waals surface area contributed by atoms with E-state index in [9.17, 15) is 16.8 Å². The number of hydrogen-bond donors (Lipinski definition) is 1. The van der Waals surface area contributed by atoms with Gasteiger partial charge < -0.3 is 0 Å². The van der Waals surface area contributed by atoms with Gasteiger partial charge in [0.2, 0.25) is 10.0 Å². The monoisotopic (exact) mass is 387 g/mol. The Morgan fingerprint density at radius 1 is 1.04 bits per heavy atom. The van der Waals surface area contributed by atoms with Crippen LogP contribution in [0.25, 0.3) is 0 Å². The maximum Gasteiger partial charge on any atom is 0.211 e. The van der Waals surface area contributed by atoms with Gasteiger partial charge in [-0.15, -0.1) is 11.3 Å². The molecule has 2 rings (SSSR count). The van der Waals surface area contributed by atoms with E-state index in [-0.39, 0.29) is 16.5 Å². The Morgan fingerprint density at radius 2 is 1.75 bits per heavy atom. The molecule has 1 atom stereocenters. The van der Waals surface area contributed by atoms with E-state index in [0.29, 0.717) is 12.0 Å². The average Bonchev–Trinajstić information content (AvgIpc) is 3.09. The van der Waals surface area contributed by atoms with Gasteiger partial charge in [0.05, 0.1) is 5.75 Å². The van der Waals surface area contributed by atoms with Gasteiger partial charge in [-0.2, -0.15) is 0 Å². The van der Waals surface area contributed by atoms with Crippen LogP contribution in [-0.4, -0.2) is 29.1 Å². The smallest absolute Gasteiger partial charge is 0.211 e. The van der Waals surface area contributed by atoms with Crippen LogP contribution in [0.3, 0.4) is 0 Å². The fourth-order valence-corrected chi connectivity index (χ4v) is 6.46. The number of unbranched alkanes of at least 4 members (excludes halogenated alkanes) is 1. The SMILES string of the molecule is CCCCS(=O)(=O)NC[C@H](c1ccccc1)S(=O)(=O)c1cccs1. The molecule has 1 aromatic carbocycles. The second-order valence-electron chi connectivity index (χ2n) is 5.40. The lowest BCUT2D eigenvalue weighted by Crippen LogP contribution is -2.33. The van der Waals surface area contributed by atoms with Crippen LogP contribution in [-0.2, 0) is 19.9 Å². The highest BCUT2D eigenvalue weighted by atomic mass is 32.2. The van der Waals surface area contributed by atoms with E-state index >= 15 is 0 Å². The molecular weight excluding hydrogens is 366 g/mol. The zero-order chi connectivity index (χ0) is 17.6. The standard InChI is InChI=1S/C16H21NO4S3/c1-2-3-12-23(18,19)17-13-15(14-8-5-4-6-9-14)24(20,21)16-10-7-11-22-16/h4-11,15,17H,2-3,12-13H2,1H3/t15-/m1/s1. The second kappa shape index (κ2) is 8.24. The molecule has 0 aliphatic heterocycles. The molecule has 1 aromatic heterocycles. The first-order valence-corrected chi connectivity index (χ1v) is 11.7. The van der Waals surface area contributed by atoms with Crippen molar-refractivity contribution in [2.45, 2.75) is 29.2 Å². The third kappa shape index (κ3) is 4.89. The summed E-state index contributed by atoms with van der Waals surface area (Å²) in [5.74, 6) is 0.00403. The lowest BCUT2D eigenvalue weighted by molar-refractivity contribution is 0.568. The highest BCUT2D eigenvalue weighted by molar-refractivity contribution is 7.93. The Balaban J connectivity index is 2.29. The van der Waals surface area contributed by atoms with Crippen LogP contribution >= 0.6 is 11.3 Å². The number of benzene rings is 1. The van der Waals surface area contributed by atoms with Gasteiger partial charge in [0, 0.05) is 6.54 Å². The number of rotatable bonds is 9. The Hall–Kier alpha value is -1.22. The van der Waals surface area contributed by atoms with Crippen LogP contribution < -0.4 is 4.72 Å². The highest BCUT2D eigenvalue weighted by Crippen LogP contribution is 2.31. The van der Waals surface area contributed by atoms with Gasteiger partial charge in [0.25, 0.3) is 0 Å². The zero-order valence-electron chi connectivity index (χ0n) is 13.4. The van der Waals surface area contributed by atoms with Gasteiger partial charge in [-0.1, -0.05) is 49.7 Å². The maximum absolute atomic E-state index is 12.9. The average molecular weight is 388 g/mol. The van der Waals surface area contributed by atoms with Gasteiger partial charge in [-0.05, 0) is 23.4 Å². The maximum atomic E-state index is 12.9. The van der Waals surface area contributed by atoms with E-state index in [2.05, 4.69) is 4.72 Å². The van der Waals surface area contributed by atoms with Crippen LogP contribution in [0.2, 0.25) is 0 Å². The molecule has 5 nitrogen and oxygen atoms in total. The molecule has 1 N–H and O–H groups in total. The van der Waals surface area contributed by atoms with Crippen molar-refractivity contribution in [2.24, 2.45) is 0 Å². The van der Waals surface area contributed by atoms with Crippen LogP contribution in [0.15, 0.2) is 52.1 Å². The highest BCUT2D eigenvalue weighted by Gasteiger charge is 2.31. The van der Waals surface area contributed by atoms with Gasteiger partial charge in [-0.3, -0.25) is 0 Å². The summed E-state index contributed by atoms with van der Waals surface area (Å²) in [6, 6.07) is 11.9. The number of sulfone groups is 1. The fourth-order valence-electron chi connectivity index (χ4n) is 2.25. The molecule has 1 heterocycles. The summed E-state index contributed by atoms with van der Waals surface area (Å²) in [7, 11) is -7.15. The van der Waals surface area contributed by atoms with E-state index in [1.54, 1.807) is 47.8 Å². The molecule has 8 heteroatoms. The Morgan fingerprint density at radius 3 is 2.33 bits per heavy atom. The summed E-state index contributed by atoms with van der Waals surface area (Å²) in [6.07, 6.45) is 1.31. The Kier molecular flexibility index (Phi) is 6.56. The van der Waals surface area contributed by atoms with Gasteiger partial charge in [0.1, 0.15) is 9.46 Å². The fraction of sp³-hybridized carbons (Fsp3) is 0.375. The van der Waals surface area contributed by atoms with Crippen molar-refractivity contribution in [1.29, 1.82) is 0 Å². The molecule has 0 fully saturated rings. The summed E-state index contributed by atoms with van der Waals surface area (Å²) >= 11 is 1.13. The molecule has 24 heavy (non-hydrogen) atoms. The van der Waals surface area contributed by atoms with Crippen molar-refractivity contribution in [3.63, 3.8) is 0 Å². The normalized spacial score (nSPS) is 13.7. The van der Waals surface area contributed by atoms with E-state index in [4.69, 9.17) is 0 Å². The summed E-state index contributed by atoms with van der Waals surface area (Å²) in [4.78, 5) is 0. The number of nitrogens with one attached hydrogen (secondary N) is 1. The van der Waals surface area contributed by atoms with Crippen LogP contribution in [0.1, 0.15) is 30.6 Å². The molecule has 0 spiro atoms. The first kappa shape index (κ1) is 19.1. The van der Waals surface area contributed by atoms with Gasteiger partial charge in [-0.25, -0.2) is 21.6 Å². The van der Waals surface area contributed by atoms with Crippen molar-refractivity contribution < 1.29 is 16.8 Å². The van der Waals surface area contributed by atoms with Gasteiger partial charge in [0.15, 0.2) is 9.84 Å². The first-order chi connectivity index (χ1) is 11.4. The largest absolute Gasteiger partial charge is 0.222 e. The molecule has 132 valence electrons. The van der Waals surface area contributed by atoms with Crippen LogP contribution in [0.4, 0.5) is 0 Å². The Bertz CT molecular complexity index is 829. The van der Waals surface area contributed by atoms with Crippen LogP contribution in [0.5, 0.6) is 0 Å². The minimum atomic E-state index is -3.66. The van der Waals surface area contributed by atoms with Crippen molar-refractivity contribution in [3.05, 3.63) is 53.4 Å². The molecule has 2 aromatic rings. The quantitative estimate of drug-likeness (QED) is 0.717. The predicted octanol–water partition coefficient (Wildman–Crippen LogP) is 2.98. The Labute approximate surface area is 147 Å². The molecule has 0 aliphatic rings. The van der Waals surface area contributed by atoms with Crippen molar-refractivity contribution >= 4 is 31.2 Å². The lowest BCUT2D eigenvalue weighted by atomic mass is 10.1.